The Balaban J connectivity index is 2.27. The van der Waals surface area contributed by atoms with E-state index in [1.807, 2.05) is 13.8 Å². The number of hydrogen-bond acceptors (Lipinski definition) is 3. The van der Waals surface area contributed by atoms with Crippen LogP contribution in [0.1, 0.15) is 48.6 Å². The van der Waals surface area contributed by atoms with Crippen LogP contribution in [0.25, 0.3) is 10.2 Å². The molecule has 2 aromatic rings. The summed E-state index contributed by atoms with van der Waals surface area (Å²) in [5.74, 6) is 0. The van der Waals surface area contributed by atoms with Crippen molar-refractivity contribution in [2.45, 2.75) is 52.0 Å². The fraction of sp³-hybridized carbons (Fsp3) is 0.571. The second kappa shape index (κ2) is 4.63. The minimum Gasteiger partial charge on any atom is -0.298 e. The lowest BCUT2D eigenvalue weighted by molar-refractivity contribution is 0.338. The first-order chi connectivity index (χ1) is 9.09. The number of hydrogen-bond donors (Lipinski definition) is 1. The third-order valence-corrected chi connectivity index (χ3v) is 5.32. The Morgan fingerprint density at radius 1 is 1.16 bits per heavy atom. The van der Waals surface area contributed by atoms with Crippen molar-refractivity contribution in [1.29, 1.82) is 0 Å². The summed E-state index contributed by atoms with van der Waals surface area (Å²) >= 11 is 1.49. The molecule has 1 aliphatic carbocycles. The highest BCUT2D eigenvalue weighted by Crippen LogP contribution is 2.28. The van der Waals surface area contributed by atoms with Gasteiger partial charge in [0.2, 0.25) is 0 Å². The quantitative estimate of drug-likeness (QED) is 0.872. The van der Waals surface area contributed by atoms with E-state index in [-0.39, 0.29) is 17.3 Å². The number of nitrogens with one attached hydrogen (secondary N) is 1. The maximum Gasteiger partial charge on any atom is 0.329 e. The van der Waals surface area contributed by atoms with Gasteiger partial charge in [-0.2, -0.15) is 0 Å². The van der Waals surface area contributed by atoms with Crippen LogP contribution in [0.3, 0.4) is 0 Å². The molecule has 2 aromatic heterocycles. The Kier molecular flexibility index (Phi) is 3.09. The first-order valence-corrected chi connectivity index (χ1v) is 7.65. The van der Waals surface area contributed by atoms with Crippen molar-refractivity contribution in [3.8, 4) is 0 Å². The van der Waals surface area contributed by atoms with Crippen LogP contribution in [0, 0.1) is 13.8 Å². The molecule has 0 saturated heterocycles. The molecule has 19 heavy (non-hydrogen) atoms. The average Bonchev–Trinajstić information content (AvgIpc) is 2.66. The predicted molar refractivity (Wildman–Crippen MR) is 78.3 cm³/mol. The maximum absolute atomic E-state index is 12.6. The lowest BCUT2D eigenvalue weighted by Crippen LogP contribution is -2.38. The Morgan fingerprint density at radius 2 is 1.84 bits per heavy atom. The zero-order chi connectivity index (χ0) is 13.6. The molecule has 0 spiro atoms. The molecule has 0 radical (unpaired) electrons. The van der Waals surface area contributed by atoms with E-state index in [4.69, 9.17) is 0 Å². The molecule has 0 unspecified atom stereocenters. The molecule has 0 bridgehead atoms. The van der Waals surface area contributed by atoms with Crippen molar-refractivity contribution in [3.05, 3.63) is 31.3 Å². The van der Waals surface area contributed by atoms with E-state index in [1.165, 1.54) is 22.3 Å². The number of aromatic amines is 1. The molecule has 1 saturated carbocycles. The Bertz CT molecular complexity index is 732. The van der Waals surface area contributed by atoms with Crippen LogP contribution >= 0.6 is 11.3 Å². The lowest BCUT2D eigenvalue weighted by Gasteiger charge is -2.22. The van der Waals surface area contributed by atoms with Crippen LogP contribution in [-0.2, 0) is 0 Å². The van der Waals surface area contributed by atoms with Crippen molar-refractivity contribution in [2.75, 3.05) is 0 Å². The van der Waals surface area contributed by atoms with E-state index in [2.05, 4.69) is 4.98 Å². The molecule has 0 atom stereocenters. The van der Waals surface area contributed by atoms with Gasteiger partial charge >= 0.3 is 5.69 Å². The predicted octanol–water partition coefficient (Wildman–Crippen LogP) is 2.87. The highest BCUT2D eigenvalue weighted by molar-refractivity contribution is 7.18. The fourth-order valence-electron chi connectivity index (χ4n) is 3.01. The zero-order valence-electron chi connectivity index (χ0n) is 11.3. The Morgan fingerprint density at radius 3 is 2.53 bits per heavy atom. The molecule has 102 valence electrons. The number of aromatic nitrogens is 2. The summed E-state index contributed by atoms with van der Waals surface area (Å²) in [4.78, 5) is 29.5. The van der Waals surface area contributed by atoms with Crippen molar-refractivity contribution in [3.63, 3.8) is 0 Å². The lowest BCUT2D eigenvalue weighted by atomic mass is 9.95. The molecule has 1 fully saturated rings. The maximum atomic E-state index is 12.6. The van der Waals surface area contributed by atoms with E-state index < -0.39 is 0 Å². The molecule has 3 rings (SSSR count). The molecule has 0 aromatic carbocycles. The number of H-pyrrole nitrogens is 1. The van der Waals surface area contributed by atoms with Crippen LogP contribution in [0.4, 0.5) is 0 Å². The first kappa shape index (κ1) is 12.7. The first-order valence-electron chi connectivity index (χ1n) is 6.84. The Labute approximate surface area is 115 Å². The summed E-state index contributed by atoms with van der Waals surface area (Å²) in [5.41, 5.74) is 0.656. The van der Waals surface area contributed by atoms with Gasteiger partial charge in [0.1, 0.15) is 4.83 Å². The molecule has 4 nitrogen and oxygen atoms in total. The molecule has 2 heterocycles. The van der Waals surface area contributed by atoms with E-state index in [0.29, 0.717) is 5.39 Å². The van der Waals surface area contributed by atoms with Gasteiger partial charge in [0.15, 0.2) is 0 Å². The molecule has 1 N–H and O–H groups in total. The van der Waals surface area contributed by atoms with Crippen LogP contribution in [0.15, 0.2) is 9.59 Å². The number of aryl methyl sites for hydroxylation is 2. The smallest absolute Gasteiger partial charge is 0.298 e. The van der Waals surface area contributed by atoms with Crippen molar-refractivity contribution >= 4 is 21.6 Å². The highest BCUT2D eigenvalue weighted by Gasteiger charge is 2.21. The third-order valence-electron chi connectivity index (χ3n) is 4.20. The number of fused-ring (bicyclic) bond motifs is 1. The number of thiophene rings is 1. The van der Waals surface area contributed by atoms with Crippen LogP contribution < -0.4 is 11.2 Å². The minimum atomic E-state index is -0.245. The van der Waals surface area contributed by atoms with Gasteiger partial charge in [0.05, 0.1) is 5.39 Å². The van der Waals surface area contributed by atoms with Gasteiger partial charge in [-0.15, -0.1) is 11.3 Å². The molecule has 1 aliphatic rings. The van der Waals surface area contributed by atoms with Gasteiger partial charge in [-0.05, 0) is 32.3 Å². The molecule has 5 heteroatoms. The van der Waals surface area contributed by atoms with Crippen LogP contribution in [-0.4, -0.2) is 9.55 Å². The fourth-order valence-corrected chi connectivity index (χ4v) is 4.06. The molecule has 0 amide bonds. The summed E-state index contributed by atoms with van der Waals surface area (Å²) in [5, 5.41) is 0.702. The summed E-state index contributed by atoms with van der Waals surface area (Å²) in [7, 11) is 0. The van der Waals surface area contributed by atoms with E-state index >= 15 is 0 Å². The van der Waals surface area contributed by atoms with Gasteiger partial charge in [0, 0.05) is 10.9 Å². The average molecular weight is 278 g/mol. The van der Waals surface area contributed by atoms with E-state index in [1.54, 1.807) is 0 Å². The second-order valence-corrected chi connectivity index (χ2v) is 6.61. The van der Waals surface area contributed by atoms with E-state index in [9.17, 15) is 9.59 Å². The highest BCUT2D eigenvalue weighted by atomic mass is 32.1. The summed E-state index contributed by atoms with van der Waals surface area (Å²) in [6, 6.07) is 0.0778. The second-order valence-electron chi connectivity index (χ2n) is 5.38. The van der Waals surface area contributed by atoms with Crippen molar-refractivity contribution in [2.24, 2.45) is 0 Å². The van der Waals surface area contributed by atoms with Crippen molar-refractivity contribution in [1.82, 2.24) is 9.55 Å². The number of nitrogens with zero attached hydrogens (tertiary/aromatic N) is 1. The topological polar surface area (TPSA) is 54.9 Å². The van der Waals surface area contributed by atoms with Gasteiger partial charge in [0.25, 0.3) is 5.56 Å². The summed E-state index contributed by atoms with van der Waals surface area (Å²) < 4.78 is 1.46. The van der Waals surface area contributed by atoms with E-state index in [0.717, 1.165) is 41.0 Å². The molecular formula is C14H18N2O2S. The van der Waals surface area contributed by atoms with Crippen LogP contribution in [0.5, 0.6) is 0 Å². The Hall–Kier alpha value is -1.36. The minimum absolute atomic E-state index is 0.0778. The molecular weight excluding hydrogens is 260 g/mol. The number of rotatable bonds is 1. The normalized spacial score (nSPS) is 17.2. The third kappa shape index (κ3) is 1.96. The van der Waals surface area contributed by atoms with Gasteiger partial charge in [-0.3, -0.25) is 14.3 Å². The van der Waals surface area contributed by atoms with Crippen LogP contribution in [0.2, 0.25) is 0 Å². The summed E-state index contributed by atoms with van der Waals surface area (Å²) in [6.07, 6.45) is 5.31. The molecule has 0 aliphatic heterocycles. The standard InChI is InChI=1S/C14H18N2O2S/c1-8-9(2)19-12-11(8)13(17)16(14(18)15-12)10-6-4-3-5-7-10/h10H,3-7H2,1-2H3,(H,15,18). The SMILES string of the molecule is Cc1sc2[nH]c(=O)n(C3CCCCC3)c(=O)c2c1C. The largest absolute Gasteiger partial charge is 0.329 e. The van der Waals surface area contributed by atoms with Gasteiger partial charge in [-0.25, -0.2) is 4.79 Å². The monoisotopic (exact) mass is 278 g/mol. The summed E-state index contributed by atoms with van der Waals surface area (Å²) in [6.45, 7) is 3.95. The zero-order valence-corrected chi connectivity index (χ0v) is 12.1. The van der Waals surface area contributed by atoms with Gasteiger partial charge < -0.3 is 0 Å². The van der Waals surface area contributed by atoms with Crippen molar-refractivity contribution < 1.29 is 0 Å². The van der Waals surface area contributed by atoms with Gasteiger partial charge in [-0.1, -0.05) is 19.3 Å².